The van der Waals surface area contributed by atoms with Gasteiger partial charge in [0.05, 0.1) is 0 Å². The van der Waals surface area contributed by atoms with Gasteiger partial charge in [-0.25, -0.2) is 0 Å². The van der Waals surface area contributed by atoms with Crippen LogP contribution >= 0.6 is 11.3 Å². The van der Waals surface area contributed by atoms with Crippen LogP contribution in [0.15, 0.2) is 41.8 Å². The summed E-state index contributed by atoms with van der Waals surface area (Å²) in [5.41, 5.74) is 2.22. The predicted octanol–water partition coefficient (Wildman–Crippen LogP) is 3.95. The van der Waals surface area contributed by atoms with Crippen LogP contribution in [0.5, 0.6) is 0 Å². The maximum Gasteiger partial charge on any atom is 0.113 e. The Morgan fingerprint density at radius 2 is 1.75 bits per heavy atom. The molecule has 0 aliphatic rings. The van der Waals surface area contributed by atoms with E-state index < -0.39 is 6.10 Å². The molecular weight excluding hydrogens is 216 g/mol. The topological polar surface area (TPSA) is 20.2 Å². The highest BCUT2D eigenvalue weighted by atomic mass is 32.1. The number of hydrogen-bond donors (Lipinski definition) is 1. The summed E-state index contributed by atoms with van der Waals surface area (Å²) in [6, 6.07) is 11.9. The first kappa shape index (κ1) is 11.4. The lowest BCUT2D eigenvalue weighted by Crippen LogP contribution is -2.01. The number of rotatable bonds is 3. The summed E-state index contributed by atoms with van der Waals surface area (Å²) in [5.74, 6) is 0.458. The molecule has 1 unspecified atom stereocenters. The minimum atomic E-state index is -0.487. The molecule has 16 heavy (non-hydrogen) atoms. The molecule has 1 aromatic heterocycles. The number of benzene rings is 1. The lowest BCUT2D eigenvalue weighted by molar-refractivity contribution is 0.223. The second kappa shape index (κ2) is 4.81. The first-order valence-corrected chi connectivity index (χ1v) is 6.38. The fourth-order valence-electron chi connectivity index (χ4n) is 1.82. The van der Waals surface area contributed by atoms with Crippen LogP contribution in [0.1, 0.15) is 41.9 Å². The SMILES string of the molecule is CC(C)c1ccsc1C(O)c1ccccc1. The zero-order valence-corrected chi connectivity index (χ0v) is 10.4. The van der Waals surface area contributed by atoms with Crippen molar-refractivity contribution in [3.63, 3.8) is 0 Å². The van der Waals surface area contributed by atoms with E-state index in [9.17, 15) is 5.11 Å². The van der Waals surface area contributed by atoms with Gasteiger partial charge >= 0.3 is 0 Å². The summed E-state index contributed by atoms with van der Waals surface area (Å²) in [7, 11) is 0. The van der Waals surface area contributed by atoms with Crippen molar-refractivity contribution in [3.05, 3.63) is 57.8 Å². The third-order valence-corrected chi connectivity index (χ3v) is 3.70. The number of aliphatic hydroxyl groups excluding tert-OH is 1. The maximum atomic E-state index is 10.3. The summed E-state index contributed by atoms with van der Waals surface area (Å²) >= 11 is 1.63. The summed E-state index contributed by atoms with van der Waals surface area (Å²) in [6.45, 7) is 4.31. The van der Waals surface area contributed by atoms with E-state index in [0.29, 0.717) is 5.92 Å². The fourth-order valence-corrected chi connectivity index (χ4v) is 2.88. The first-order valence-electron chi connectivity index (χ1n) is 5.50. The molecule has 1 N–H and O–H groups in total. The Bertz CT molecular complexity index is 445. The van der Waals surface area contributed by atoms with Crippen LogP contribution in [0.2, 0.25) is 0 Å². The number of hydrogen-bond acceptors (Lipinski definition) is 2. The normalized spacial score (nSPS) is 13.0. The van der Waals surface area contributed by atoms with Gasteiger partial charge in [0.15, 0.2) is 0 Å². The van der Waals surface area contributed by atoms with E-state index in [4.69, 9.17) is 0 Å². The second-order valence-electron chi connectivity index (χ2n) is 4.21. The van der Waals surface area contributed by atoms with Gasteiger partial charge in [0.2, 0.25) is 0 Å². The zero-order valence-electron chi connectivity index (χ0n) is 9.55. The van der Waals surface area contributed by atoms with Gasteiger partial charge < -0.3 is 5.11 Å². The summed E-state index contributed by atoms with van der Waals surface area (Å²) < 4.78 is 0. The van der Waals surface area contributed by atoms with Crippen molar-refractivity contribution in [2.75, 3.05) is 0 Å². The smallest absolute Gasteiger partial charge is 0.113 e. The van der Waals surface area contributed by atoms with E-state index in [0.717, 1.165) is 10.4 Å². The van der Waals surface area contributed by atoms with Gasteiger partial charge in [-0.15, -0.1) is 11.3 Å². The van der Waals surface area contributed by atoms with Crippen LogP contribution in [0, 0.1) is 0 Å². The van der Waals surface area contributed by atoms with E-state index >= 15 is 0 Å². The Morgan fingerprint density at radius 1 is 1.06 bits per heavy atom. The molecule has 2 rings (SSSR count). The van der Waals surface area contributed by atoms with Crippen LogP contribution in [-0.2, 0) is 0 Å². The van der Waals surface area contributed by atoms with Crippen LogP contribution in [-0.4, -0.2) is 5.11 Å². The molecular formula is C14H16OS. The molecule has 0 radical (unpaired) electrons. The Kier molecular flexibility index (Phi) is 3.42. The maximum absolute atomic E-state index is 10.3. The molecule has 0 aliphatic carbocycles. The molecule has 0 saturated heterocycles. The van der Waals surface area contributed by atoms with E-state index in [1.807, 2.05) is 30.3 Å². The Labute approximate surface area is 100 Å². The highest BCUT2D eigenvalue weighted by Gasteiger charge is 2.17. The molecule has 1 atom stereocenters. The molecule has 0 spiro atoms. The molecule has 2 heteroatoms. The highest BCUT2D eigenvalue weighted by molar-refractivity contribution is 7.10. The molecule has 0 aliphatic heterocycles. The van der Waals surface area contributed by atoms with Crippen molar-refractivity contribution in [2.24, 2.45) is 0 Å². The molecule has 1 heterocycles. The van der Waals surface area contributed by atoms with Gasteiger partial charge in [-0.05, 0) is 28.5 Å². The average molecular weight is 232 g/mol. The zero-order chi connectivity index (χ0) is 11.5. The van der Waals surface area contributed by atoms with Crippen molar-refractivity contribution in [3.8, 4) is 0 Å². The van der Waals surface area contributed by atoms with Crippen LogP contribution < -0.4 is 0 Å². The highest BCUT2D eigenvalue weighted by Crippen LogP contribution is 2.33. The molecule has 0 saturated carbocycles. The summed E-state index contributed by atoms with van der Waals surface area (Å²) in [5, 5.41) is 12.4. The van der Waals surface area contributed by atoms with Crippen molar-refractivity contribution >= 4 is 11.3 Å². The second-order valence-corrected chi connectivity index (χ2v) is 5.16. The van der Waals surface area contributed by atoms with Crippen molar-refractivity contribution < 1.29 is 5.11 Å². The quantitative estimate of drug-likeness (QED) is 0.849. The molecule has 2 aromatic rings. The van der Waals surface area contributed by atoms with Crippen molar-refractivity contribution in [1.82, 2.24) is 0 Å². The Balaban J connectivity index is 2.34. The third kappa shape index (κ3) is 2.18. The van der Waals surface area contributed by atoms with Gasteiger partial charge in [-0.1, -0.05) is 44.2 Å². The molecule has 1 nitrogen and oxygen atoms in total. The van der Waals surface area contributed by atoms with Gasteiger partial charge in [0, 0.05) is 4.88 Å². The van der Waals surface area contributed by atoms with Crippen LogP contribution in [0.3, 0.4) is 0 Å². The largest absolute Gasteiger partial charge is 0.383 e. The molecule has 0 bridgehead atoms. The Hall–Kier alpha value is -1.12. The fraction of sp³-hybridized carbons (Fsp3) is 0.286. The molecule has 84 valence electrons. The predicted molar refractivity (Wildman–Crippen MR) is 68.9 cm³/mol. The average Bonchev–Trinajstić information content (AvgIpc) is 2.78. The standard InChI is InChI=1S/C14H16OS/c1-10(2)12-8-9-16-14(12)13(15)11-6-4-3-5-7-11/h3-10,13,15H,1-2H3. The van der Waals surface area contributed by atoms with Gasteiger partial charge in [0.1, 0.15) is 6.10 Å². The lowest BCUT2D eigenvalue weighted by atomic mass is 9.99. The number of aliphatic hydroxyl groups is 1. The van der Waals surface area contributed by atoms with E-state index in [-0.39, 0.29) is 0 Å². The summed E-state index contributed by atoms with van der Waals surface area (Å²) in [4.78, 5) is 1.07. The van der Waals surface area contributed by atoms with E-state index in [1.54, 1.807) is 11.3 Å². The van der Waals surface area contributed by atoms with Crippen molar-refractivity contribution in [1.29, 1.82) is 0 Å². The van der Waals surface area contributed by atoms with Gasteiger partial charge in [0.25, 0.3) is 0 Å². The minimum Gasteiger partial charge on any atom is -0.383 e. The van der Waals surface area contributed by atoms with E-state index in [1.165, 1.54) is 5.56 Å². The number of thiophene rings is 1. The van der Waals surface area contributed by atoms with Gasteiger partial charge in [-0.3, -0.25) is 0 Å². The molecule has 1 aromatic carbocycles. The van der Waals surface area contributed by atoms with E-state index in [2.05, 4.69) is 25.3 Å². The van der Waals surface area contributed by atoms with Crippen LogP contribution in [0.4, 0.5) is 0 Å². The minimum absolute atomic E-state index is 0.458. The molecule has 0 fully saturated rings. The monoisotopic (exact) mass is 232 g/mol. The van der Waals surface area contributed by atoms with Crippen molar-refractivity contribution in [2.45, 2.75) is 25.9 Å². The van der Waals surface area contributed by atoms with Gasteiger partial charge in [-0.2, -0.15) is 0 Å². The molecule has 0 amide bonds. The third-order valence-electron chi connectivity index (χ3n) is 2.71. The Morgan fingerprint density at radius 3 is 2.38 bits per heavy atom. The summed E-state index contributed by atoms with van der Waals surface area (Å²) in [6.07, 6.45) is -0.487. The lowest BCUT2D eigenvalue weighted by Gasteiger charge is -2.13. The van der Waals surface area contributed by atoms with Crippen LogP contribution in [0.25, 0.3) is 0 Å². The first-order chi connectivity index (χ1) is 7.70.